The summed E-state index contributed by atoms with van der Waals surface area (Å²) in [4.78, 5) is 22.6. The van der Waals surface area contributed by atoms with E-state index in [1.165, 1.54) is 12.1 Å². The second-order valence-electron chi connectivity index (χ2n) is 6.17. The van der Waals surface area contributed by atoms with Crippen molar-refractivity contribution in [1.82, 2.24) is 0 Å². The van der Waals surface area contributed by atoms with Crippen molar-refractivity contribution in [2.75, 3.05) is 11.9 Å². The molecule has 0 fully saturated rings. The zero-order valence-corrected chi connectivity index (χ0v) is 14.7. The standard InChI is InChI=1S/C19H20N2O5/c1-3-25-18-10-14-8-12(2)26-17(14)11-16(18)20-19(22)9-13-4-6-15(7-5-13)21(23)24/h4-7,10-12H,3,8-9H2,1-2H3,(H,20,22). The zero-order valence-electron chi connectivity index (χ0n) is 14.7. The molecule has 1 heterocycles. The second kappa shape index (κ2) is 7.43. The Bertz CT molecular complexity index is 833. The van der Waals surface area contributed by atoms with Gasteiger partial charge in [-0.15, -0.1) is 0 Å². The summed E-state index contributed by atoms with van der Waals surface area (Å²) in [5, 5.41) is 13.5. The summed E-state index contributed by atoms with van der Waals surface area (Å²) in [6, 6.07) is 9.63. The lowest BCUT2D eigenvalue weighted by Gasteiger charge is -2.13. The summed E-state index contributed by atoms with van der Waals surface area (Å²) in [5.41, 5.74) is 2.32. The number of nitro groups is 1. The van der Waals surface area contributed by atoms with Crippen LogP contribution in [0.5, 0.6) is 11.5 Å². The summed E-state index contributed by atoms with van der Waals surface area (Å²) in [5.74, 6) is 1.14. The summed E-state index contributed by atoms with van der Waals surface area (Å²) in [6.45, 7) is 4.36. The van der Waals surface area contributed by atoms with Crippen molar-refractivity contribution in [2.24, 2.45) is 0 Å². The van der Waals surface area contributed by atoms with Gasteiger partial charge in [-0.1, -0.05) is 12.1 Å². The maximum atomic E-state index is 12.4. The van der Waals surface area contributed by atoms with E-state index in [4.69, 9.17) is 9.47 Å². The Balaban J connectivity index is 1.74. The fourth-order valence-electron chi connectivity index (χ4n) is 2.93. The first-order valence-corrected chi connectivity index (χ1v) is 8.45. The zero-order chi connectivity index (χ0) is 18.7. The average molecular weight is 356 g/mol. The monoisotopic (exact) mass is 356 g/mol. The van der Waals surface area contributed by atoms with Gasteiger partial charge in [0, 0.05) is 30.2 Å². The fourth-order valence-corrected chi connectivity index (χ4v) is 2.93. The third-order valence-electron chi connectivity index (χ3n) is 4.08. The van der Waals surface area contributed by atoms with Crippen molar-refractivity contribution in [2.45, 2.75) is 32.8 Å². The number of non-ortho nitro benzene ring substituents is 1. The number of carbonyl (C=O) groups excluding carboxylic acids is 1. The molecule has 2 aromatic rings. The molecule has 0 saturated heterocycles. The van der Waals surface area contributed by atoms with Crippen LogP contribution in [0.3, 0.4) is 0 Å². The van der Waals surface area contributed by atoms with E-state index in [0.29, 0.717) is 23.6 Å². The lowest BCUT2D eigenvalue weighted by atomic mass is 10.1. The van der Waals surface area contributed by atoms with Gasteiger partial charge in [0.1, 0.15) is 17.6 Å². The van der Waals surface area contributed by atoms with Gasteiger partial charge in [-0.3, -0.25) is 14.9 Å². The minimum absolute atomic E-state index is 0.00215. The molecule has 0 spiro atoms. The van der Waals surface area contributed by atoms with E-state index in [2.05, 4.69) is 5.32 Å². The quantitative estimate of drug-likeness (QED) is 0.632. The molecule has 1 unspecified atom stereocenters. The number of benzene rings is 2. The molecule has 1 atom stereocenters. The predicted molar refractivity (Wildman–Crippen MR) is 96.8 cm³/mol. The molecule has 1 aliphatic heterocycles. The third-order valence-corrected chi connectivity index (χ3v) is 4.08. The molecule has 7 nitrogen and oxygen atoms in total. The highest BCUT2D eigenvalue weighted by atomic mass is 16.6. The molecule has 0 aromatic heterocycles. The van der Waals surface area contributed by atoms with Crippen molar-refractivity contribution in [3.63, 3.8) is 0 Å². The fraction of sp³-hybridized carbons (Fsp3) is 0.316. The molecule has 0 bridgehead atoms. The molecular formula is C19H20N2O5. The Labute approximate surface area is 151 Å². The third kappa shape index (κ3) is 3.93. The lowest BCUT2D eigenvalue weighted by Crippen LogP contribution is -2.15. The molecule has 26 heavy (non-hydrogen) atoms. The Kier molecular flexibility index (Phi) is 5.06. The van der Waals surface area contributed by atoms with Crippen LogP contribution in [0.25, 0.3) is 0 Å². The number of nitro benzene ring substituents is 1. The summed E-state index contributed by atoms with van der Waals surface area (Å²) < 4.78 is 11.4. The van der Waals surface area contributed by atoms with E-state index < -0.39 is 4.92 Å². The van der Waals surface area contributed by atoms with Gasteiger partial charge in [0.05, 0.1) is 23.6 Å². The summed E-state index contributed by atoms with van der Waals surface area (Å²) >= 11 is 0. The van der Waals surface area contributed by atoms with E-state index >= 15 is 0 Å². The number of nitrogens with one attached hydrogen (secondary N) is 1. The first-order chi connectivity index (χ1) is 12.5. The van der Waals surface area contributed by atoms with Crippen molar-refractivity contribution in [3.05, 3.63) is 57.6 Å². The lowest BCUT2D eigenvalue weighted by molar-refractivity contribution is -0.384. The molecule has 7 heteroatoms. The summed E-state index contributed by atoms with van der Waals surface area (Å²) in [7, 11) is 0. The van der Waals surface area contributed by atoms with Crippen LogP contribution < -0.4 is 14.8 Å². The number of nitrogens with zero attached hydrogens (tertiary/aromatic N) is 1. The van der Waals surface area contributed by atoms with Crippen LogP contribution in [0.2, 0.25) is 0 Å². The van der Waals surface area contributed by atoms with Gasteiger partial charge in [-0.25, -0.2) is 0 Å². The normalized spacial score (nSPS) is 15.1. The summed E-state index contributed by atoms with van der Waals surface area (Å²) in [6.07, 6.45) is 1.02. The van der Waals surface area contributed by atoms with Gasteiger partial charge < -0.3 is 14.8 Å². The number of rotatable bonds is 6. The van der Waals surface area contributed by atoms with E-state index in [-0.39, 0.29) is 24.1 Å². The second-order valence-corrected chi connectivity index (χ2v) is 6.17. The van der Waals surface area contributed by atoms with Crippen molar-refractivity contribution in [3.8, 4) is 11.5 Å². The van der Waals surface area contributed by atoms with E-state index in [9.17, 15) is 14.9 Å². The van der Waals surface area contributed by atoms with Crippen LogP contribution >= 0.6 is 0 Å². The van der Waals surface area contributed by atoms with Gasteiger partial charge in [-0.2, -0.15) is 0 Å². The molecule has 0 radical (unpaired) electrons. The number of ether oxygens (including phenoxy) is 2. The Morgan fingerprint density at radius 2 is 2.08 bits per heavy atom. The van der Waals surface area contributed by atoms with Crippen LogP contribution in [0.15, 0.2) is 36.4 Å². The molecule has 2 aromatic carbocycles. The maximum absolute atomic E-state index is 12.4. The maximum Gasteiger partial charge on any atom is 0.269 e. The molecule has 0 aliphatic carbocycles. The van der Waals surface area contributed by atoms with Gasteiger partial charge in [-0.05, 0) is 25.5 Å². The van der Waals surface area contributed by atoms with Crippen molar-refractivity contribution < 1.29 is 19.2 Å². The largest absolute Gasteiger partial charge is 0.492 e. The SMILES string of the molecule is CCOc1cc2c(cc1NC(=O)Cc1ccc([N+](=O)[O-])cc1)OC(C)C2. The van der Waals surface area contributed by atoms with Crippen LogP contribution in [-0.4, -0.2) is 23.5 Å². The topological polar surface area (TPSA) is 90.7 Å². The highest BCUT2D eigenvalue weighted by molar-refractivity contribution is 5.94. The number of carbonyl (C=O) groups is 1. The van der Waals surface area contributed by atoms with Gasteiger partial charge >= 0.3 is 0 Å². The van der Waals surface area contributed by atoms with Crippen LogP contribution in [0, 0.1) is 10.1 Å². The number of fused-ring (bicyclic) bond motifs is 1. The number of hydrogen-bond donors (Lipinski definition) is 1. The van der Waals surface area contributed by atoms with Crippen LogP contribution in [0.1, 0.15) is 25.0 Å². The number of amides is 1. The van der Waals surface area contributed by atoms with E-state index in [0.717, 1.165) is 17.7 Å². The first kappa shape index (κ1) is 17.7. The van der Waals surface area contributed by atoms with Crippen LogP contribution in [0.4, 0.5) is 11.4 Å². The van der Waals surface area contributed by atoms with Crippen molar-refractivity contribution in [1.29, 1.82) is 0 Å². The van der Waals surface area contributed by atoms with E-state index in [1.54, 1.807) is 18.2 Å². The van der Waals surface area contributed by atoms with Gasteiger partial charge in [0.2, 0.25) is 5.91 Å². The molecule has 1 N–H and O–H groups in total. The van der Waals surface area contributed by atoms with Crippen LogP contribution in [-0.2, 0) is 17.6 Å². The highest BCUT2D eigenvalue weighted by Gasteiger charge is 2.22. The predicted octanol–water partition coefficient (Wildman–Crippen LogP) is 3.50. The smallest absolute Gasteiger partial charge is 0.269 e. The van der Waals surface area contributed by atoms with E-state index in [1.807, 2.05) is 19.9 Å². The Morgan fingerprint density at radius 1 is 1.35 bits per heavy atom. The van der Waals surface area contributed by atoms with Gasteiger partial charge in [0.15, 0.2) is 0 Å². The minimum atomic E-state index is -0.468. The number of hydrogen-bond acceptors (Lipinski definition) is 5. The minimum Gasteiger partial charge on any atom is -0.492 e. The molecule has 1 aliphatic rings. The number of anilines is 1. The molecule has 136 valence electrons. The average Bonchev–Trinajstić information content (AvgIpc) is 2.94. The first-order valence-electron chi connectivity index (χ1n) is 8.45. The Hall–Kier alpha value is -3.09. The molecular weight excluding hydrogens is 336 g/mol. The Morgan fingerprint density at radius 3 is 2.73 bits per heavy atom. The highest BCUT2D eigenvalue weighted by Crippen LogP contribution is 2.38. The molecule has 1 amide bonds. The van der Waals surface area contributed by atoms with Crippen molar-refractivity contribution >= 4 is 17.3 Å². The van der Waals surface area contributed by atoms with Gasteiger partial charge in [0.25, 0.3) is 5.69 Å². The molecule has 3 rings (SSSR count). The molecule has 0 saturated carbocycles.